The minimum absolute atomic E-state index is 0.869. The minimum atomic E-state index is 0.869. The normalized spacial score (nSPS) is 20.8. The first-order valence-corrected chi connectivity index (χ1v) is 3.14. The smallest absolute Gasteiger partial charge is 0.134 e. The van der Waals surface area contributed by atoms with Crippen LogP contribution in [-0.2, 0) is 0 Å². The molecule has 2 heteroatoms. The standard InChI is InChI=1S/C8H6N2/c1-2-6-10-7-3-5-9-8(10)4-1/h2-4,7H,6H2. The molecule has 0 atom stereocenters. The summed E-state index contributed by atoms with van der Waals surface area (Å²) in [6.45, 7) is 0.869. The highest BCUT2D eigenvalue weighted by Gasteiger charge is 2.07. The van der Waals surface area contributed by atoms with Crippen molar-refractivity contribution in [1.82, 2.24) is 4.90 Å². The third kappa shape index (κ3) is 0.778. The van der Waals surface area contributed by atoms with Gasteiger partial charge in [-0.25, -0.2) is 4.99 Å². The Labute approximate surface area is 59.9 Å². The van der Waals surface area contributed by atoms with E-state index in [0.29, 0.717) is 0 Å². The van der Waals surface area contributed by atoms with Gasteiger partial charge in [-0.2, -0.15) is 0 Å². The van der Waals surface area contributed by atoms with Gasteiger partial charge in [-0.15, -0.1) is 0 Å². The fourth-order valence-electron chi connectivity index (χ4n) is 0.921. The lowest BCUT2D eigenvalue weighted by Gasteiger charge is -2.22. The molecule has 10 heavy (non-hydrogen) atoms. The molecule has 2 aliphatic rings. The van der Waals surface area contributed by atoms with E-state index in [4.69, 9.17) is 0 Å². The number of fused-ring (bicyclic) bond motifs is 1. The van der Waals surface area contributed by atoms with Gasteiger partial charge in [-0.3, -0.25) is 0 Å². The number of rotatable bonds is 0. The predicted molar refractivity (Wildman–Crippen MR) is 39.2 cm³/mol. The second-order valence-electron chi connectivity index (χ2n) is 2.08. The molecule has 2 heterocycles. The summed E-state index contributed by atoms with van der Waals surface area (Å²) in [6, 6.07) is 0. The van der Waals surface area contributed by atoms with Crippen molar-refractivity contribution in [2.75, 3.05) is 6.54 Å². The Bertz CT molecular complexity index is 246. The second-order valence-corrected chi connectivity index (χ2v) is 2.08. The van der Waals surface area contributed by atoms with Gasteiger partial charge in [0.1, 0.15) is 5.82 Å². The highest BCUT2D eigenvalue weighted by molar-refractivity contribution is 5.73. The van der Waals surface area contributed by atoms with Crippen molar-refractivity contribution >= 4 is 6.21 Å². The van der Waals surface area contributed by atoms with E-state index in [1.165, 1.54) is 0 Å². The van der Waals surface area contributed by atoms with Gasteiger partial charge in [0.25, 0.3) is 0 Å². The molecule has 2 rings (SSSR count). The first-order chi connectivity index (χ1) is 4.97. The minimum Gasteiger partial charge on any atom is -0.329 e. The van der Waals surface area contributed by atoms with E-state index in [9.17, 15) is 0 Å². The molecule has 2 radical (unpaired) electrons. The Hall–Kier alpha value is -1.31. The van der Waals surface area contributed by atoms with Crippen LogP contribution in [0.3, 0.4) is 0 Å². The van der Waals surface area contributed by atoms with Crippen molar-refractivity contribution < 1.29 is 0 Å². The highest BCUT2D eigenvalue weighted by Crippen LogP contribution is 2.12. The van der Waals surface area contributed by atoms with Crippen molar-refractivity contribution in [3.63, 3.8) is 0 Å². The zero-order valence-corrected chi connectivity index (χ0v) is 5.41. The predicted octanol–water partition coefficient (Wildman–Crippen LogP) is 0.978. The maximum absolute atomic E-state index is 4.02. The van der Waals surface area contributed by atoms with Crippen LogP contribution in [0.5, 0.6) is 0 Å². The molecule has 0 bridgehead atoms. The monoisotopic (exact) mass is 130 g/mol. The average molecular weight is 130 g/mol. The summed E-state index contributed by atoms with van der Waals surface area (Å²) in [5.74, 6) is 0.921. The van der Waals surface area contributed by atoms with E-state index in [1.807, 2.05) is 23.3 Å². The van der Waals surface area contributed by atoms with E-state index >= 15 is 0 Å². The first-order valence-electron chi connectivity index (χ1n) is 3.14. The van der Waals surface area contributed by atoms with Crippen LogP contribution in [0.1, 0.15) is 0 Å². The van der Waals surface area contributed by atoms with Gasteiger partial charge >= 0.3 is 0 Å². The maximum atomic E-state index is 4.02. The van der Waals surface area contributed by atoms with Crippen LogP contribution < -0.4 is 0 Å². The van der Waals surface area contributed by atoms with Crippen LogP contribution in [0.15, 0.2) is 35.2 Å². The summed E-state index contributed by atoms with van der Waals surface area (Å²) in [5, 5.41) is 0. The largest absolute Gasteiger partial charge is 0.329 e. The molecular formula is C8H6N2. The molecule has 0 aromatic carbocycles. The van der Waals surface area contributed by atoms with Gasteiger partial charge < -0.3 is 4.90 Å². The number of aliphatic imine (C=N–C) groups is 1. The summed E-state index contributed by atoms with van der Waals surface area (Å²) >= 11 is 0. The lowest BCUT2D eigenvalue weighted by Crippen LogP contribution is -2.19. The van der Waals surface area contributed by atoms with Crippen LogP contribution >= 0.6 is 0 Å². The van der Waals surface area contributed by atoms with Gasteiger partial charge in [-0.1, -0.05) is 6.08 Å². The molecular weight excluding hydrogens is 124 g/mol. The maximum Gasteiger partial charge on any atom is 0.134 e. The van der Waals surface area contributed by atoms with Gasteiger partial charge in [-0.05, 0) is 18.2 Å². The van der Waals surface area contributed by atoms with Gasteiger partial charge in [0, 0.05) is 12.7 Å². The van der Waals surface area contributed by atoms with Crippen LogP contribution in [0.25, 0.3) is 0 Å². The summed E-state index contributed by atoms with van der Waals surface area (Å²) in [4.78, 5) is 6.05. The Morgan fingerprint density at radius 2 is 2.60 bits per heavy atom. The van der Waals surface area contributed by atoms with Crippen LogP contribution in [0.4, 0.5) is 0 Å². The zero-order chi connectivity index (χ0) is 6.81. The van der Waals surface area contributed by atoms with Crippen molar-refractivity contribution in [2.45, 2.75) is 0 Å². The molecule has 0 spiro atoms. The molecule has 48 valence electrons. The molecule has 0 aromatic heterocycles. The van der Waals surface area contributed by atoms with E-state index < -0.39 is 0 Å². The fraction of sp³-hybridized carbons (Fsp3) is 0.125. The van der Waals surface area contributed by atoms with E-state index in [-0.39, 0.29) is 0 Å². The summed E-state index contributed by atoms with van der Waals surface area (Å²) < 4.78 is 0. The van der Waals surface area contributed by atoms with E-state index in [0.717, 1.165) is 12.4 Å². The summed E-state index contributed by atoms with van der Waals surface area (Å²) in [5.41, 5.74) is 0. The molecule has 0 aromatic rings. The third-order valence-electron chi connectivity index (χ3n) is 1.42. The van der Waals surface area contributed by atoms with Crippen molar-refractivity contribution in [2.24, 2.45) is 4.99 Å². The number of hydrogen-bond donors (Lipinski definition) is 0. The molecule has 0 amide bonds. The molecule has 0 N–H and O–H groups in total. The van der Waals surface area contributed by atoms with E-state index in [2.05, 4.69) is 17.3 Å². The number of nitrogens with zero attached hydrogens (tertiary/aromatic N) is 2. The van der Waals surface area contributed by atoms with Gasteiger partial charge in [0.05, 0.1) is 6.21 Å². The summed E-state index contributed by atoms with van der Waals surface area (Å²) in [6.07, 6.45) is 13.3. The Balaban J connectivity index is 2.34. The second kappa shape index (κ2) is 2.14. The first kappa shape index (κ1) is 5.47. The zero-order valence-electron chi connectivity index (χ0n) is 5.41. The van der Waals surface area contributed by atoms with Crippen molar-refractivity contribution in [1.29, 1.82) is 0 Å². The van der Waals surface area contributed by atoms with Crippen molar-refractivity contribution in [3.8, 4) is 0 Å². The SMILES string of the molecule is [C]1=CCN2C=C[C]=NC2=C1. The Kier molecular flexibility index (Phi) is 1.17. The average Bonchev–Trinajstić information content (AvgIpc) is 2.05. The van der Waals surface area contributed by atoms with Crippen LogP contribution in [0.2, 0.25) is 0 Å². The van der Waals surface area contributed by atoms with Crippen LogP contribution in [0, 0.1) is 6.08 Å². The molecule has 2 aliphatic heterocycles. The topological polar surface area (TPSA) is 15.6 Å². The van der Waals surface area contributed by atoms with Crippen molar-refractivity contribution in [3.05, 3.63) is 36.3 Å². The molecule has 0 fully saturated rings. The number of hydrogen-bond acceptors (Lipinski definition) is 2. The van der Waals surface area contributed by atoms with E-state index in [1.54, 1.807) is 6.08 Å². The van der Waals surface area contributed by atoms with Gasteiger partial charge in [0.2, 0.25) is 0 Å². The molecule has 2 nitrogen and oxygen atoms in total. The fourth-order valence-corrected chi connectivity index (χ4v) is 0.921. The van der Waals surface area contributed by atoms with Crippen LogP contribution in [-0.4, -0.2) is 17.7 Å². The lowest BCUT2D eigenvalue weighted by molar-refractivity contribution is 0.501. The summed E-state index contributed by atoms with van der Waals surface area (Å²) in [7, 11) is 0. The lowest BCUT2D eigenvalue weighted by atomic mass is 10.3. The molecule has 0 saturated carbocycles. The molecule has 0 saturated heterocycles. The molecule has 0 aliphatic carbocycles. The highest BCUT2D eigenvalue weighted by atomic mass is 15.2. The van der Waals surface area contributed by atoms with Gasteiger partial charge in [0.15, 0.2) is 0 Å². The Morgan fingerprint density at radius 1 is 1.60 bits per heavy atom. The third-order valence-corrected chi connectivity index (χ3v) is 1.42. The quantitative estimate of drug-likeness (QED) is 0.477. The molecule has 0 unspecified atom stereocenters. The number of allylic oxidation sites excluding steroid dienone is 3. The Morgan fingerprint density at radius 3 is 3.50 bits per heavy atom.